The molecule has 1 atom stereocenters. The molecule has 2 aromatic heterocycles. The van der Waals surface area contributed by atoms with Gasteiger partial charge < -0.3 is 10.2 Å². The van der Waals surface area contributed by atoms with Gasteiger partial charge in [0, 0.05) is 35.0 Å². The number of nitrogens with one attached hydrogen (secondary N) is 1. The highest BCUT2D eigenvalue weighted by atomic mass is 79.9. The Morgan fingerprint density at radius 3 is 3.00 bits per heavy atom. The van der Waals surface area contributed by atoms with E-state index in [0.29, 0.717) is 23.7 Å². The van der Waals surface area contributed by atoms with Gasteiger partial charge in [-0.05, 0) is 34.8 Å². The summed E-state index contributed by atoms with van der Waals surface area (Å²) in [6, 6.07) is 1.25. The minimum Gasteiger partial charge on any atom is -0.327 e. The van der Waals surface area contributed by atoms with E-state index in [0.717, 1.165) is 10.9 Å². The van der Waals surface area contributed by atoms with Crippen LogP contribution in [0.4, 0.5) is 5.13 Å². The number of halogens is 1. The summed E-state index contributed by atoms with van der Waals surface area (Å²) in [5, 5.41) is 5.10. The van der Waals surface area contributed by atoms with Crippen LogP contribution in [0.5, 0.6) is 0 Å². The van der Waals surface area contributed by atoms with Crippen molar-refractivity contribution in [3.05, 3.63) is 40.1 Å². The monoisotopic (exact) mass is 380 g/mol. The van der Waals surface area contributed by atoms with Crippen molar-refractivity contribution in [2.75, 3.05) is 11.9 Å². The van der Waals surface area contributed by atoms with Gasteiger partial charge in [-0.25, -0.2) is 4.98 Å². The number of rotatable bonds is 3. The fourth-order valence-electron chi connectivity index (χ4n) is 2.45. The number of anilines is 1. The molecule has 2 amide bonds. The maximum Gasteiger partial charge on any atom is 0.256 e. The second-order valence-corrected chi connectivity index (χ2v) is 6.69. The first kappa shape index (κ1) is 15.1. The predicted octanol–water partition coefficient (Wildman–Crippen LogP) is 2.54. The molecule has 8 heteroatoms. The molecule has 0 saturated carbocycles. The molecule has 0 radical (unpaired) electrons. The highest BCUT2D eigenvalue weighted by Gasteiger charge is 2.34. The van der Waals surface area contributed by atoms with E-state index in [9.17, 15) is 9.59 Å². The molecular weight excluding hydrogens is 368 g/mol. The molecule has 114 valence electrons. The lowest BCUT2D eigenvalue weighted by Crippen LogP contribution is -2.43. The minimum absolute atomic E-state index is 0.175. The van der Waals surface area contributed by atoms with Crippen molar-refractivity contribution < 1.29 is 9.59 Å². The molecule has 1 unspecified atom stereocenters. The van der Waals surface area contributed by atoms with Crippen molar-refractivity contribution in [3.8, 4) is 0 Å². The lowest BCUT2D eigenvalue weighted by molar-refractivity contribution is -0.119. The van der Waals surface area contributed by atoms with E-state index in [-0.39, 0.29) is 11.8 Å². The number of carbonyl (C=O) groups is 2. The van der Waals surface area contributed by atoms with E-state index >= 15 is 0 Å². The van der Waals surface area contributed by atoms with Gasteiger partial charge >= 0.3 is 0 Å². The first-order valence-electron chi connectivity index (χ1n) is 6.77. The molecule has 1 aliphatic rings. The van der Waals surface area contributed by atoms with Gasteiger partial charge in [-0.3, -0.25) is 14.6 Å². The maximum atomic E-state index is 12.6. The minimum atomic E-state index is -0.463. The first-order chi connectivity index (χ1) is 10.6. The summed E-state index contributed by atoms with van der Waals surface area (Å²) in [6.07, 6.45) is 6.23. The number of aromatic nitrogens is 2. The topological polar surface area (TPSA) is 75.2 Å². The third-order valence-corrected chi connectivity index (χ3v) is 4.55. The molecule has 0 bridgehead atoms. The lowest BCUT2D eigenvalue weighted by atomic mass is 10.2. The molecule has 6 nitrogen and oxygen atoms in total. The van der Waals surface area contributed by atoms with Crippen LogP contribution in [0.3, 0.4) is 0 Å². The number of nitrogens with zero attached hydrogens (tertiary/aromatic N) is 3. The molecule has 1 fully saturated rings. The summed E-state index contributed by atoms with van der Waals surface area (Å²) in [6.45, 7) is 0.571. The highest BCUT2D eigenvalue weighted by Crippen LogP contribution is 2.23. The van der Waals surface area contributed by atoms with Crippen LogP contribution in [-0.4, -0.2) is 39.3 Å². The van der Waals surface area contributed by atoms with E-state index in [1.807, 2.05) is 0 Å². The van der Waals surface area contributed by atoms with Crippen molar-refractivity contribution in [2.24, 2.45) is 0 Å². The number of thiazole rings is 1. The van der Waals surface area contributed by atoms with Crippen molar-refractivity contribution in [1.29, 1.82) is 0 Å². The summed E-state index contributed by atoms with van der Waals surface area (Å²) in [5.74, 6) is -0.366. The zero-order valence-electron chi connectivity index (χ0n) is 11.5. The maximum absolute atomic E-state index is 12.6. The van der Waals surface area contributed by atoms with Crippen LogP contribution < -0.4 is 5.32 Å². The SMILES string of the molecule is O=C(Nc1nccs1)C1CCCN1C(=O)c1cncc(Br)c1. The molecule has 1 aliphatic heterocycles. The average Bonchev–Trinajstić information content (AvgIpc) is 3.17. The molecule has 2 aromatic rings. The second kappa shape index (κ2) is 6.53. The second-order valence-electron chi connectivity index (χ2n) is 4.87. The van der Waals surface area contributed by atoms with Crippen LogP contribution in [0.25, 0.3) is 0 Å². The van der Waals surface area contributed by atoms with E-state index in [1.165, 1.54) is 17.5 Å². The Kier molecular flexibility index (Phi) is 4.49. The first-order valence-corrected chi connectivity index (χ1v) is 8.44. The molecule has 22 heavy (non-hydrogen) atoms. The van der Waals surface area contributed by atoms with Gasteiger partial charge in [-0.15, -0.1) is 11.3 Å². The Morgan fingerprint density at radius 1 is 1.41 bits per heavy atom. The zero-order valence-corrected chi connectivity index (χ0v) is 13.9. The number of hydrogen-bond donors (Lipinski definition) is 1. The quantitative estimate of drug-likeness (QED) is 0.887. The van der Waals surface area contributed by atoms with Crippen LogP contribution >= 0.6 is 27.3 Å². The number of likely N-dealkylation sites (tertiary alicyclic amines) is 1. The van der Waals surface area contributed by atoms with E-state index < -0.39 is 6.04 Å². The zero-order chi connectivity index (χ0) is 15.5. The van der Waals surface area contributed by atoms with Crippen LogP contribution in [-0.2, 0) is 4.79 Å². The van der Waals surface area contributed by atoms with Crippen LogP contribution in [0.2, 0.25) is 0 Å². The molecule has 1 saturated heterocycles. The number of amides is 2. The Bertz CT molecular complexity index is 692. The predicted molar refractivity (Wildman–Crippen MR) is 86.7 cm³/mol. The number of pyridine rings is 1. The van der Waals surface area contributed by atoms with E-state index in [1.54, 1.807) is 28.7 Å². The molecule has 0 aromatic carbocycles. The number of carbonyl (C=O) groups excluding carboxylic acids is 2. The summed E-state index contributed by atoms with van der Waals surface area (Å²) in [5.41, 5.74) is 0.475. The summed E-state index contributed by atoms with van der Waals surface area (Å²) < 4.78 is 0.737. The third-order valence-electron chi connectivity index (χ3n) is 3.43. The standard InChI is InChI=1S/C14H13BrN4O2S/c15-10-6-9(7-16-8-10)13(21)19-4-1-2-11(19)12(20)18-14-17-3-5-22-14/h3,5-8,11H,1-2,4H2,(H,17,18,20). The van der Waals surface area contributed by atoms with Gasteiger partial charge in [0.15, 0.2) is 5.13 Å². The Morgan fingerprint density at radius 2 is 2.27 bits per heavy atom. The van der Waals surface area contributed by atoms with Gasteiger partial charge in [0.1, 0.15) is 6.04 Å². The van der Waals surface area contributed by atoms with Crippen LogP contribution in [0.15, 0.2) is 34.5 Å². The van der Waals surface area contributed by atoms with Gasteiger partial charge in [-0.1, -0.05) is 0 Å². The van der Waals surface area contributed by atoms with Gasteiger partial charge in [0.05, 0.1) is 5.56 Å². The van der Waals surface area contributed by atoms with Crippen LogP contribution in [0.1, 0.15) is 23.2 Å². The smallest absolute Gasteiger partial charge is 0.256 e. The normalized spacial score (nSPS) is 17.5. The van der Waals surface area contributed by atoms with Crippen molar-refractivity contribution >= 4 is 44.2 Å². The lowest BCUT2D eigenvalue weighted by Gasteiger charge is -2.23. The van der Waals surface area contributed by atoms with Crippen molar-refractivity contribution in [2.45, 2.75) is 18.9 Å². The molecule has 0 aliphatic carbocycles. The average molecular weight is 381 g/mol. The summed E-state index contributed by atoms with van der Waals surface area (Å²) >= 11 is 4.66. The van der Waals surface area contributed by atoms with Crippen molar-refractivity contribution in [1.82, 2.24) is 14.9 Å². The number of hydrogen-bond acceptors (Lipinski definition) is 5. The molecule has 0 spiro atoms. The Balaban J connectivity index is 1.75. The van der Waals surface area contributed by atoms with E-state index in [4.69, 9.17) is 0 Å². The summed E-state index contributed by atoms with van der Waals surface area (Å²) in [4.78, 5) is 34.6. The fourth-order valence-corrected chi connectivity index (χ4v) is 3.35. The largest absolute Gasteiger partial charge is 0.327 e. The molecule has 1 N–H and O–H groups in total. The van der Waals surface area contributed by atoms with Crippen LogP contribution in [0, 0.1) is 0 Å². The Labute approximate surface area is 139 Å². The molecular formula is C14H13BrN4O2S. The summed E-state index contributed by atoms with van der Waals surface area (Å²) in [7, 11) is 0. The third kappa shape index (κ3) is 3.17. The van der Waals surface area contributed by atoms with Gasteiger partial charge in [0.25, 0.3) is 5.91 Å². The Hall–Kier alpha value is -1.80. The highest BCUT2D eigenvalue weighted by molar-refractivity contribution is 9.10. The van der Waals surface area contributed by atoms with Gasteiger partial charge in [-0.2, -0.15) is 0 Å². The van der Waals surface area contributed by atoms with Crippen molar-refractivity contribution in [3.63, 3.8) is 0 Å². The fraction of sp³-hybridized carbons (Fsp3) is 0.286. The molecule has 3 rings (SSSR count). The molecule has 3 heterocycles. The van der Waals surface area contributed by atoms with E-state index in [2.05, 4.69) is 31.2 Å². The van der Waals surface area contributed by atoms with Gasteiger partial charge in [0.2, 0.25) is 5.91 Å².